The molecule has 17 nitrogen and oxygen atoms in total. The van der Waals surface area contributed by atoms with Crippen LogP contribution in [0.25, 0.3) is 0 Å². The lowest BCUT2D eigenvalue weighted by Crippen LogP contribution is -2.30. The zero-order chi connectivity index (χ0) is 61.0. The molecule has 0 spiro atoms. The Labute approximate surface area is 498 Å². The van der Waals surface area contributed by atoms with Crippen molar-refractivity contribution < 1.29 is 80.2 Å². The maximum atomic E-state index is 13.0. The number of unbranched alkanes of at least 4 members (excludes halogenated alkanes) is 27. The molecule has 0 amide bonds. The highest BCUT2D eigenvalue weighted by molar-refractivity contribution is 7.47. The van der Waals surface area contributed by atoms with Crippen LogP contribution in [-0.2, 0) is 65.4 Å². The quantitative estimate of drug-likeness (QED) is 0.0222. The number of rotatable bonds is 61. The molecule has 0 aliphatic carbocycles. The fourth-order valence-electron chi connectivity index (χ4n) is 9.24. The standard InChI is InChI=1S/C63H122O17P2/c1-8-11-12-13-14-15-16-17-18-21-32-39-46-62(67)79-58(50-73-60(65)44-37-30-22-19-20-27-34-41-54(4)5)52-77-81(69,70)75-48-57(64)49-76-82(71,72)78-53-59(80-63(68)47-40-33-26-24-29-36-43-56(7)10-3)51-74-61(66)45-38-31-25-23-28-35-42-55(6)9-2/h54-59,64H,8-53H2,1-7H3,(H,69,70)(H,71,72)/t55?,56?,57-,58-,59-/m1/s1. The minimum atomic E-state index is -4.94. The number of aliphatic hydroxyl groups excluding tert-OH is 1. The van der Waals surface area contributed by atoms with Gasteiger partial charge in [0.05, 0.1) is 26.4 Å². The van der Waals surface area contributed by atoms with E-state index >= 15 is 0 Å². The molecule has 3 N–H and O–H groups in total. The molecule has 486 valence electrons. The minimum Gasteiger partial charge on any atom is -0.462 e. The Morgan fingerprint density at radius 1 is 0.354 bits per heavy atom. The number of phosphoric acid groups is 2. The van der Waals surface area contributed by atoms with Gasteiger partial charge in [-0.3, -0.25) is 37.3 Å². The summed E-state index contributed by atoms with van der Waals surface area (Å²) in [5.74, 6) is 0.0158. The number of carbonyl (C=O) groups is 4. The Morgan fingerprint density at radius 2 is 0.622 bits per heavy atom. The van der Waals surface area contributed by atoms with E-state index in [0.717, 1.165) is 115 Å². The predicted octanol–water partition coefficient (Wildman–Crippen LogP) is 17.1. The van der Waals surface area contributed by atoms with Gasteiger partial charge in [0.15, 0.2) is 12.2 Å². The van der Waals surface area contributed by atoms with Crippen LogP contribution >= 0.6 is 15.6 Å². The second kappa shape index (κ2) is 54.5. The number of carbonyl (C=O) groups excluding carboxylic acids is 4. The van der Waals surface area contributed by atoms with Crippen LogP contribution in [0, 0.1) is 17.8 Å². The lowest BCUT2D eigenvalue weighted by atomic mass is 10.00. The second-order valence-electron chi connectivity index (χ2n) is 23.8. The molecule has 7 atom stereocenters. The molecule has 4 unspecified atom stereocenters. The van der Waals surface area contributed by atoms with Crippen molar-refractivity contribution >= 4 is 39.5 Å². The van der Waals surface area contributed by atoms with Crippen LogP contribution in [0.5, 0.6) is 0 Å². The summed E-state index contributed by atoms with van der Waals surface area (Å²) in [6, 6.07) is 0. The molecule has 0 fully saturated rings. The third-order valence-corrected chi connectivity index (χ3v) is 17.0. The third-order valence-electron chi connectivity index (χ3n) is 15.1. The largest absolute Gasteiger partial charge is 0.472 e. The highest BCUT2D eigenvalue weighted by atomic mass is 31.2. The molecule has 0 saturated carbocycles. The molecule has 0 bridgehead atoms. The van der Waals surface area contributed by atoms with Crippen LogP contribution in [0.2, 0.25) is 0 Å². The van der Waals surface area contributed by atoms with Crippen LogP contribution in [0.4, 0.5) is 0 Å². The molecule has 0 radical (unpaired) electrons. The van der Waals surface area contributed by atoms with Crippen molar-refractivity contribution in [1.82, 2.24) is 0 Å². The number of aliphatic hydroxyl groups is 1. The van der Waals surface area contributed by atoms with Gasteiger partial charge in [0.1, 0.15) is 19.3 Å². The van der Waals surface area contributed by atoms with Gasteiger partial charge >= 0.3 is 39.5 Å². The fraction of sp³-hybridized carbons (Fsp3) is 0.937. The van der Waals surface area contributed by atoms with Crippen LogP contribution < -0.4 is 0 Å². The topological polar surface area (TPSA) is 237 Å². The summed E-state index contributed by atoms with van der Waals surface area (Å²) in [5.41, 5.74) is 0. The summed E-state index contributed by atoms with van der Waals surface area (Å²) in [6.07, 6.45) is 34.9. The monoisotopic (exact) mass is 1210 g/mol. The van der Waals surface area contributed by atoms with Crippen molar-refractivity contribution in [3.8, 4) is 0 Å². The highest BCUT2D eigenvalue weighted by Crippen LogP contribution is 2.45. The lowest BCUT2D eigenvalue weighted by molar-refractivity contribution is -0.161. The van der Waals surface area contributed by atoms with E-state index in [1.165, 1.54) is 103 Å². The van der Waals surface area contributed by atoms with E-state index in [1.54, 1.807) is 0 Å². The Hall–Kier alpha value is -1.94. The smallest absolute Gasteiger partial charge is 0.462 e. The minimum absolute atomic E-state index is 0.102. The molecule has 0 aliphatic heterocycles. The molecular weight excluding hydrogens is 1090 g/mol. The fourth-order valence-corrected chi connectivity index (χ4v) is 10.8. The van der Waals surface area contributed by atoms with E-state index in [2.05, 4.69) is 48.5 Å². The first kappa shape index (κ1) is 80.1. The molecule has 0 rings (SSSR count). The average molecular weight is 1210 g/mol. The van der Waals surface area contributed by atoms with Crippen LogP contribution in [0.3, 0.4) is 0 Å². The number of esters is 4. The van der Waals surface area contributed by atoms with Crippen molar-refractivity contribution in [2.75, 3.05) is 39.6 Å². The van der Waals surface area contributed by atoms with Crippen molar-refractivity contribution in [3.63, 3.8) is 0 Å². The van der Waals surface area contributed by atoms with Crippen LogP contribution in [-0.4, -0.2) is 96.7 Å². The molecule has 82 heavy (non-hydrogen) atoms. The van der Waals surface area contributed by atoms with Gasteiger partial charge in [-0.15, -0.1) is 0 Å². The summed E-state index contributed by atoms with van der Waals surface area (Å²) in [7, 11) is -9.89. The zero-order valence-electron chi connectivity index (χ0n) is 52.9. The zero-order valence-corrected chi connectivity index (χ0v) is 54.7. The van der Waals surface area contributed by atoms with E-state index in [4.69, 9.17) is 37.0 Å². The van der Waals surface area contributed by atoms with Gasteiger partial charge in [-0.2, -0.15) is 0 Å². The molecule has 0 aromatic heterocycles. The van der Waals surface area contributed by atoms with Gasteiger partial charge in [0, 0.05) is 25.7 Å². The lowest BCUT2D eigenvalue weighted by Gasteiger charge is -2.21. The molecule has 19 heteroatoms. The Morgan fingerprint density at radius 3 is 0.927 bits per heavy atom. The van der Waals surface area contributed by atoms with E-state index < -0.39 is 97.5 Å². The highest BCUT2D eigenvalue weighted by Gasteiger charge is 2.30. The Balaban J connectivity index is 5.26. The summed E-state index contributed by atoms with van der Waals surface area (Å²) >= 11 is 0. The Kier molecular flexibility index (Phi) is 53.2. The van der Waals surface area contributed by atoms with Gasteiger partial charge in [-0.05, 0) is 43.4 Å². The number of phosphoric ester groups is 2. The normalized spacial score (nSPS) is 15.1. The first-order chi connectivity index (χ1) is 39.3. The van der Waals surface area contributed by atoms with Crippen LogP contribution in [0.1, 0.15) is 305 Å². The van der Waals surface area contributed by atoms with E-state index in [9.17, 15) is 43.2 Å². The molecule has 0 aromatic carbocycles. The van der Waals surface area contributed by atoms with Crippen molar-refractivity contribution in [1.29, 1.82) is 0 Å². The van der Waals surface area contributed by atoms with E-state index in [-0.39, 0.29) is 25.7 Å². The van der Waals surface area contributed by atoms with E-state index in [1.807, 2.05) is 0 Å². The van der Waals surface area contributed by atoms with Crippen molar-refractivity contribution in [2.24, 2.45) is 17.8 Å². The molecule has 0 saturated heterocycles. The van der Waals surface area contributed by atoms with Gasteiger partial charge in [0.25, 0.3) is 0 Å². The maximum Gasteiger partial charge on any atom is 0.472 e. The number of ether oxygens (including phenoxy) is 4. The third kappa shape index (κ3) is 54.7. The number of hydrogen-bond donors (Lipinski definition) is 3. The van der Waals surface area contributed by atoms with Gasteiger partial charge in [-0.25, -0.2) is 9.13 Å². The summed E-state index contributed by atoms with van der Waals surface area (Å²) in [4.78, 5) is 72.1. The van der Waals surface area contributed by atoms with E-state index in [0.29, 0.717) is 31.6 Å². The summed E-state index contributed by atoms with van der Waals surface area (Å²) < 4.78 is 67.9. The second-order valence-corrected chi connectivity index (χ2v) is 26.7. The summed E-state index contributed by atoms with van der Waals surface area (Å²) in [5, 5.41) is 10.5. The molecule has 0 heterocycles. The molecule has 0 aliphatic rings. The Bertz CT molecular complexity index is 1630. The molecule has 0 aromatic rings. The maximum absolute atomic E-state index is 13.0. The first-order valence-corrected chi connectivity index (χ1v) is 35.9. The predicted molar refractivity (Wildman–Crippen MR) is 326 cm³/mol. The SMILES string of the molecule is CCCCCCCCCCCCCCC(=O)O[C@H](COC(=O)CCCCCCCCCC(C)C)COP(=O)(O)OC[C@@H](O)COP(=O)(O)OC[C@@H](COC(=O)CCCCCCCCC(C)CC)OC(=O)CCCCCCCCC(C)CC. The van der Waals surface area contributed by atoms with Crippen molar-refractivity contribution in [2.45, 2.75) is 324 Å². The van der Waals surface area contributed by atoms with Crippen LogP contribution in [0.15, 0.2) is 0 Å². The van der Waals surface area contributed by atoms with Gasteiger partial charge in [0.2, 0.25) is 0 Å². The van der Waals surface area contributed by atoms with Gasteiger partial charge in [-0.1, -0.05) is 254 Å². The average Bonchev–Trinajstić information content (AvgIpc) is 3.46. The van der Waals surface area contributed by atoms with Crippen molar-refractivity contribution in [3.05, 3.63) is 0 Å². The first-order valence-electron chi connectivity index (χ1n) is 32.9. The number of hydrogen-bond acceptors (Lipinski definition) is 15. The molecular formula is C63H122O17P2. The summed E-state index contributed by atoms with van der Waals surface area (Å²) in [6.45, 7) is 11.6. The van der Waals surface area contributed by atoms with Gasteiger partial charge < -0.3 is 33.8 Å².